The highest BCUT2D eigenvalue weighted by Crippen LogP contribution is 2.16. The molecule has 1 rings (SSSR count). The maximum atomic E-state index is 11.2. The van der Waals surface area contributed by atoms with Crippen LogP contribution in [0.15, 0.2) is 29.3 Å². The Bertz CT molecular complexity index is 396. The first-order valence-electron chi connectivity index (χ1n) is 5.28. The maximum Gasteiger partial charge on any atom is 0.337 e. The van der Waals surface area contributed by atoms with Crippen LogP contribution < -0.4 is 0 Å². The highest BCUT2D eigenvalue weighted by molar-refractivity contribution is 6.31. The van der Waals surface area contributed by atoms with Gasteiger partial charge in [-0.1, -0.05) is 23.7 Å². The molecular weight excluding hydrogens is 259 g/mol. The molecule has 2 nitrogen and oxygen atoms in total. The minimum absolute atomic E-state index is 0.339. The van der Waals surface area contributed by atoms with Crippen molar-refractivity contribution in [3.05, 3.63) is 40.4 Å². The molecular formula is C13H14Cl2O2. The molecule has 4 heteroatoms. The number of allylic oxidation sites excluding steroid dienone is 1. The van der Waals surface area contributed by atoms with Crippen molar-refractivity contribution in [3.63, 3.8) is 0 Å². The number of benzene rings is 1. The third-order valence-corrected chi connectivity index (χ3v) is 2.77. The zero-order chi connectivity index (χ0) is 12.7. The summed E-state index contributed by atoms with van der Waals surface area (Å²) in [5.41, 5.74) is 1.48. The second kappa shape index (κ2) is 7.36. The average molecular weight is 273 g/mol. The molecule has 0 aliphatic carbocycles. The molecule has 0 bridgehead atoms. The Morgan fingerprint density at radius 1 is 1.35 bits per heavy atom. The number of carbonyl (C=O) groups excluding carboxylic acids is 1. The number of hydrogen-bond acceptors (Lipinski definition) is 2. The third kappa shape index (κ3) is 4.80. The highest BCUT2D eigenvalue weighted by Gasteiger charge is 2.03. The summed E-state index contributed by atoms with van der Waals surface area (Å²) in [5.74, 6) is 0.263. The van der Waals surface area contributed by atoms with Gasteiger partial charge in [0.15, 0.2) is 0 Å². The fourth-order valence-corrected chi connectivity index (χ4v) is 1.72. The van der Waals surface area contributed by atoms with E-state index in [1.807, 2.05) is 18.2 Å². The first kappa shape index (κ1) is 14.1. The molecule has 0 saturated heterocycles. The van der Waals surface area contributed by atoms with Gasteiger partial charge in [-0.15, -0.1) is 11.6 Å². The van der Waals surface area contributed by atoms with Crippen LogP contribution in [-0.4, -0.2) is 19.0 Å². The predicted molar refractivity (Wildman–Crippen MR) is 71.6 cm³/mol. The standard InChI is InChI=1S/C13H14Cl2O2/c1-17-13(16)11-6-4-10(5-7-11)9-12(15)3-2-8-14/h4-7,9H,2-3,8H2,1H3/b12-9-. The first-order valence-corrected chi connectivity index (χ1v) is 6.19. The Hall–Kier alpha value is -0.990. The van der Waals surface area contributed by atoms with Gasteiger partial charge in [-0.3, -0.25) is 0 Å². The van der Waals surface area contributed by atoms with Gasteiger partial charge >= 0.3 is 5.97 Å². The first-order chi connectivity index (χ1) is 8.17. The number of hydrogen-bond donors (Lipinski definition) is 0. The molecule has 17 heavy (non-hydrogen) atoms. The Kier molecular flexibility index (Phi) is 6.09. The molecule has 92 valence electrons. The SMILES string of the molecule is COC(=O)c1ccc(/C=C(\Cl)CCCCl)cc1. The molecule has 1 aromatic rings. The zero-order valence-electron chi connectivity index (χ0n) is 9.58. The molecule has 0 unspecified atom stereocenters. The largest absolute Gasteiger partial charge is 0.465 e. The summed E-state index contributed by atoms with van der Waals surface area (Å²) < 4.78 is 4.62. The smallest absolute Gasteiger partial charge is 0.337 e. The Labute approximate surface area is 111 Å². The van der Waals surface area contributed by atoms with Gasteiger partial charge in [-0.05, 0) is 36.6 Å². The lowest BCUT2D eigenvalue weighted by Crippen LogP contribution is -2.00. The average Bonchev–Trinajstić information content (AvgIpc) is 2.36. The quantitative estimate of drug-likeness (QED) is 0.597. The van der Waals surface area contributed by atoms with E-state index in [9.17, 15) is 4.79 Å². The molecule has 0 fully saturated rings. The third-order valence-electron chi connectivity index (χ3n) is 2.20. The van der Waals surface area contributed by atoms with E-state index in [1.165, 1.54) is 7.11 Å². The summed E-state index contributed by atoms with van der Waals surface area (Å²) >= 11 is 11.6. The minimum atomic E-state index is -0.339. The number of carbonyl (C=O) groups is 1. The molecule has 0 aliphatic rings. The van der Waals surface area contributed by atoms with Crippen molar-refractivity contribution >= 4 is 35.2 Å². The number of halogens is 2. The molecule has 0 N–H and O–H groups in total. The normalized spacial score (nSPS) is 11.4. The number of methoxy groups -OCH3 is 1. The molecule has 0 atom stereocenters. The van der Waals surface area contributed by atoms with Crippen LogP contribution in [0.5, 0.6) is 0 Å². The van der Waals surface area contributed by atoms with Gasteiger partial charge in [-0.2, -0.15) is 0 Å². The number of esters is 1. The Morgan fingerprint density at radius 2 is 2.00 bits per heavy atom. The number of alkyl halides is 1. The van der Waals surface area contributed by atoms with Crippen LogP contribution in [-0.2, 0) is 4.74 Å². The number of ether oxygens (including phenoxy) is 1. The molecule has 0 saturated carbocycles. The van der Waals surface area contributed by atoms with Crippen LogP contribution in [0.4, 0.5) is 0 Å². The summed E-state index contributed by atoms with van der Waals surface area (Å²) in [7, 11) is 1.36. The number of rotatable bonds is 5. The van der Waals surface area contributed by atoms with Crippen LogP contribution in [0.1, 0.15) is 28.8 Å². The van der Waals surface area contributed by atoms with E-state index < -0.39 is 0 Å². The molecule has 0 radical (unpaired) electrons. The lowest BCUT2D eigenvalue weighted by Gasteiger charge is -2.00. The predicted octanol–water partition coefficient (Wildman–Crippen LogP) is 4.07. The zero-order valence-corrected chi connectivity index (χ0v) is 11.1. The van der Waals surface area contributed by atoms with Crippen molar-refractivity contribution in [2.24, 2.45) is 0 Å². The fourth-order valence-electron chi connectivity index (χ4n) is 1.32. The molecule has 0 spiro atoms. The van der Waals surface area contributed by atoms with Crippen molar-refractivity contribution in [1.82, 2.24) is 0 Å². The maximum absolute atomic E-state index is 11.2. The summed E-state index contributed by atoms with van der Waals surface area (Å²) in [5, 5.41) is 0.761. The lowest BCUT2D eigenvalue weighted by atomic mass is 10.1. The van der Waals surface area contributed by atoms with E-state index in [2.05, 4.69) is 4.74 Å². The fraction of sp³-hybridized carbons (Fsp3) is 0.308. The van der Waals surface area contributed by atoms with Gasteiger partial charge in [0.1, 0.15) is 0 Å². The van der Waals surface area contributed by atoms with Crippen molar-refractivity contribution in [1.29, 1.82) is 0 Å². The van der Waals surface area contributed by atoms with Crippen molar-refractivity contribution in [2.75, 3.05) is 13.0 Å². The summed E-state index contributed by atoms with van der Waals surface area (Å²) in [6.07, 6.45) is 3.50. The molecule has 0 heterocycles. The molecule has 0 aromatic heterocycles. The van der Waals surface area contributed by atoms with Crippen molar-refractivity contribution in [3.8, 4) is 0 Å². The van der Waals surface area contributed by atoms with E-state index in [1.54, 1.807) is 12.1 Å². The van der Waals surface area contributed by atoms with Crippen LogP contribution in [0.2, 0.25) is 0 Å². The van der Waals surface area contributed by atoms with E-state index in [0.717, 1.165) is 23.4 Å². The van der Waals surface area contributed by atoms with Gasteiger partial charge in [-0.25, -0.2) is 4.79 Å². The van der Waals surface area contributed by atoms with Crippen LogP contribution >= 0.6 is 23.2 Å². The molecule has 1 aromatic carbocycles. The van der Waals surface area contributed by atoms with Crippen LogP contribution in [0.25, 0.3) is 6.08 Å². The van der Waals surface area contributed by atoms with Gasteiger partial charge in [0.2, 0.25) is 0 Å². The molecule has 0 aliphatic heterocycles. The Balaban J connectivity index is 2.71. The molecule has 0 amide bonds. The minimum Gasteiger partial charge on any atom is -0.465 e. The van der Waals surface area contributed by atoms with Gasteiger partial charge in [0, 0.05) is 10.9 Å². The van der Waals surface area contributed by atoms with Gasteiger partial charge in [0.05, 0.1) is 12.7 Å². The Morgan fingerprint density at radius 3 is 2.53 bits per heavy atom. The monoisotopic (exact) mass is 272 g/mol. The van der Waals surface area contributed by atoms with E-state index in [4.69, 9.17) is 23.2 Å². The van der Waals surface area contributed by atoms with Crippen molar-refractivity contribution in [2.45, 2.75) is 12.8 Å². The van der Waals surface area contributed by atoms with Crippen LogP contribution in [0.3, 0.4) is 0 Å². The highest BCUT2D eigenvalue weighted by atomic mass is 35.5. The van der Waals surface area contributed by atoms with E-state index in [0.29, 0.717) is 11.4 Å². The lowest BCUT2D eigenvalue weighted by molar-refractivity contribution is 0.0601. The van der Waals surface area contributed by atoms with Crippen molar-refractivity contribution < 1.29 is 9.53 Å². The van der Waals surface area contributed by atoms with E-state index >= 15 is 0 Å². The second-order valence-corrected chi connectivity index (χ2v) is 4.36. The second-order valence-electron chi connectivity index (χ2n) is 3.50. The van der Waals surface area contributed by atoms with Gasteiger partial charge in [0.25, 0.3) is 0 Å². The summed E-state index contributed by atoms with van der Waals surface area (Å²) in [4.78, 5) is 11.2. The van der Waals surface area contributed by atoms with Gasteiger partial charge < -0.3 is 4.74 Å². The van der Waals surface area contributed by atoms with E-state index in [-0.39, 0.29) is 5.97 Å². The summed E-state index contributed by atoms with van der Waals surface area (Å²) in [6, 6.07) is 7.08. The van der Waals surface area contributed by atoms with Crippen LogP contribution in [0, 0.1) is 0 Å². The summed E-state index contributed by atoms with van der Waals surface area (Å²) in [6.45, 7) is 0. The topological polar surface area (TPSA) is 26.3 Å².